The number of pyridine rings is 1. The number of nitrogens with one attached hydrogen (secondary N) is 1. The summed E-state index contributed by atoms with van der Waals surface area (Å²) in [6.07, 6.45) is -4.72. The van der Waals surface area contributed by atoms with E-state index in [1.165, 1.54) is 0 Å². The fourth-order valence-corrected chi connectivity index (χ4v) is 5.94. The van der Waals surface area contributed by atoms with Gasteiger partial charge in [0.05, 0.1) is 16.0 Å². The summed E-state index contributed by atoms with van der Waals surface area (Å²) in [7, 11) is -4.47. The first-order valence-electron chi connectivity index (χ1n) is 11.6. The number of benzene rings is 3. The number of H-pyrrole nitrogens is 1. The maximum absolute atomic E-state index is 13.7. The number of hydrogen-bond donors (Lipinski definition) is 1. The zero-order chi connectivity index (χ0) is 27.2. The number of fused-ring (bicyclic) bond motifs is 2. The van der Waals surface area contributed by atoms with Gasteiger partial charge < -0.3 is 14.5 Å². The topological polar surface area (TPSA) is 88.7 Å². The second kappa shape index (κ2) is 9.48. The average molecular weight is 545 g/mol. The first-order chi connectivity index (χ1) is 17.9. The fraction of sp³-hybridized carbons (Fsp3) is 0.222. The number of aryl methyl sites for hydroxylation is 2. The van der Waals surface area contributed by atoms with Crippen molar-refractivity contribution in [2.24, 2.45) is 0 Å². The lowest BCUT2D eigenvalue weighted by atomic mass is 10.1. The van der Waals surface area contributed by atoms with Crippen molar-refractivity contribution < 1.29 is 31.1 Å². The Labute approximate surface area is 216 Å². The van der Waals surface area contributed by atoms with E-state index in [0.717, 1.165) is 39.0 Å². The zero-order valence-electron chi connectivity index (χ0n) is 20.4. The van der Waals surface area contributed by atoms with E-state index in [9.17, 15) is 26.4 Å². The van der Waals surface area contributed by atoms with Gasteiger partial charge in [0.1, 0.15) is 0 Å². The molecule has 0 atom stereocenters. The molecule has 7 nitrogen and oxygen atoms in total. The highest BCUT2D eigenvalue weighted by Crippen LogP contribution is 2.35. The minimum absolute atomic E-state index is 0.0241. The molecule has 1 aromatic heterocycles. The SMILES string of the molecule is Cc1cc(C)c2[nH]c(=O)c(CN(Cc3ccc4c(c3)OCO4)S(=O)(=O)c3cccc(C(F)(F)F)c3)cc2c1. The first kappa shape index (κ1) is 25.8. The van der Waals surface area contributed by atoms with E-state index in [4.69, 9.17) is 9.47 Å². The molecule has 4 aromatic rings. The van der Waals surface area contributed by atoms with Gasteiger partial charge in [-0.1, -0.05) is 23.8 Å². The van der Waals surface area contributed by atoms with Gasteiger partial charge in [-0.2, -0.15) is 17.5 Å². The molecule has 0 saturated carbocycles. The smallest absolute Gasteiger partial charge is 0.416 e. The summed E-state index contributed by atoms with van der Waals surface area (Å²) in [5.41, 5.74) is 1.54. The number of aromatic nitrogens is 1. The quantitative estimate of drug-likeness (QED) is 0.357. The number of rotatable bonds is 6. The Hall–Kier alpha value is -3.83. The van der Waals surface area contributed by atoms with Crippen molar-refractivity contribution in [2.75, 3.05) is 6.79 Å². The Morgan fingerprint density at radius 1 is 0.947 bits per heavy atom. The van der Waals surface area contributed by atoms with Gasteiger partial charge in [-0.25, -0.2) is 8.42 Å². The van der Waals surface area contributed by atoms with E-state index in [1.54, 1.807) is 24.3 Å². The summed E-state index contributed by atoms with van der Waals surface area (Å²) < 4.78 is 79.2. The molecule has 0 unspecified atom stereocenters. The Kier molecular flexibility index (Phi) is 6.44. The van der Waals surface area contributed by atoms with Crippen LogP contribution in [0.4, 0.5) is 13.2 Å². The molecule has 0 saturated heterocycles. The van der Waals surface area contributed by atoms with Crippen LogP contribution in [0.5, 0.6) is 11.5 Å². The number of alkyl halides is 3. The summed E-state index contributed by atoms with van der Waals surface area (Å²) in [5.74, 6) is 0.922. The summed E-state index contributed by atoms with van der Waals surface area (Å²) in [6, 6.07) is 13.8. The molecule has 0 fully saturated rings. The summed E-state index contributed by atoms with van der Waals surface area (Å²) in [4.78, 5) is 15.3. The molecule has 0 aliphatic carbocycles. The Morgan fingerprint density at radius 3 is 2.47 bits per heavy atom. The van der Waals surface area contributed by atoms with Gasteiger partial charge in [-0.3, -0.25) is 4.79 Å². The highest BCUT2D eigenvalue weighted by atomic mass is 32.2. The molecule has 0 radical (unpaired) electrons. The van der Waals surface area contributed by atoms with Gasteiger partial charge in [0.15, 0.2) is 11.5 Å². The largest absolute Gasteiger partial charge is 0.454 e. The van der Waals surface area contributed by atoms with Crippen LogP contribution in [0.3, 0.4) is 0 Å². The lowest BCUT2D eigenvalue weighted by molar-refractivity contribution is -0.137. The van der Waals surface area contributed by atoms with Crippen molar-refractivity contribution in [2.45, 2.75) is 38.0 Å². The normalized spacial score (nSPS) is 13.4. The molecule has 11 heteroatoms. The molecular formula is C27H23F3N2O5S. The van der Waals surface area contributed by atoms with Crippen LogP contribution < -0.4 is 15.0 Å². The van der Waals surface area contributed by atoms with Crippen LogP contribution in [0.25, 0.3) is 10.9 Å². The summed E-state index contributed by atoms with van der Waals surface area (Å²) in [5, 5.41) is 0.719. The van der Waals surface area contributed by atoms with Gasteiger partial charge in [-0.05, 0) is 72.8 Å². The minimum Gasteiger partial charge on any atom is -0.454 e. The third kappa shape index (κ3) is 4.99. The Balaban J connectivity index is 1.59. The molecule has 3 aromatic carbocycles. The molecule has 0 amide bonds. The van der Waals surface area contributed by atoms with Gasteiger partial charge in [0, 0.05) is 18.7 Å². The second-order valence-electron chi connectivity index (χ2n) is 9.16. The molecule has 0 spiro atoms. The maximum atomic E-state index is 13.7. The molecule has 0 bridgehead atoms. The van der Waals surface area contributed by atoms with Gasteiger partial charge in [0.2, 0.25) is 16.8 Å². The molecule has 5 rings (SSSR count). The average Bonchev–Trinajstić information content (AvgIpc) is 3.32. The Morgan fingerprint density at radius 2 is 1.71 bits per heavy atom. The molecule has 1 aliphatic rings. The van der Waals surface area contributed by atoms with Crippen LogP contribution in [0.1, 0.15) is 27.8 Å². The van der Waals surface area contributed by atoms with Crippen molar-refractivity contribution in [3.05, 3.63) is 98.8 Å². The third-order valence-corrected chi connectivity index (χ3v) is 8.10. The molecule has 2 heterocycles. The summed E-state index contributed by atoms with van der Waals surface area (Å²) in [6.45, 7) is 3.19. The number of ether oxygens (including phenoxy) is 2. The lowest BCUT2D eigenvalue weighted by Gasteiger charge is -2.23. The van der Waals surface area contributed by atoms with Crippen LogP contribution >= 0.6 is 0 Å². The Bertz CT molecular complexity index is 1710. The summed E-state index contributed by atoms with van der Waals surface area (Å²) >= 11 is 0. The molecule has 1 aliphatic heterocycles. The second-order valence-corrected chi connectivity index (χ2v) is 11.1. The number of nitrogens with zero attached hydrogens (tertiary/aromatic N) is 1. The van der Waals surface area contributed by atoms with Crippen LogP contribution in [-0.4, -0.2) is 24.5 Å². The highest BCUT2D eigenvalue weighted by Gasteiger charge is 2.33. The van der Waals surface area contributed by atoms with Gasteiger partial charge in [0.25, 0.3) is 5.56 Å². The van der Waals surface area contributed by atoms with Crippen molar-refractivity contribution in [1.29, 1.82) is 0 Å². The third-order valence-electron chi connectivity index (χ3n) is 6.31. The van der Waals surface area contributed by atoms with Crippen molar-refractivity contribution in [1.82, 2.24) is 9.29 Å². The van der Waals surface area contributed by atoms with Crippen LogP contribution in [0.15, 0.2) is 70.4 Å². The van der Waals surface area contributed by atoms with E-state index in [-0.39, 0.29) is 25.4 Å². The van der Waals surface area contributed by atoms with Crippen molar-refractivity contribution in [3.8, 4) is 11.5 Å². The van der Waals surface area contributed by atoms with E-state index in [1.807, 2.05) is 26.0 Å². The number of aromatic amines is 1. The zero-order valence-corrected chi connectivity index (χ0v) is 21.2. The number of sulfonamides is 1. The van der Waals surface area contributed by atoms with Crippen LogP contribution in [0, 0.1) is 13.8 Å². The maximum Gasteiger partial charge on any atom is 0.416 e. The van der Waals surface area contributed by atoms with Gasteiger partial charge >= 0.3 is 6.18 Å². The molecule has 198 valence electrons. The predicted molar refractivity (Wildman–Crippen MR) is 134 cm³/mol. The first-order valence-corrected chi connectivity index (χ1v) is 13.0. The highest BCUT2D eigenvalue weighted by molar-refractivity contribution is 7.89. The molecule has 38 heavy (non-hydrogen) atoms. The number of halogens is 3. The van der Waals surface area contributed by atoms with E-state index < -0.39 is 32.2 Å². The standard InChI is InChI=1S/C27H23F3N2O5S/c1-16-8-17(2)25-19(9-16)11-20(26(33)31-25)14-32(13-18-6-7-23-24(10-18)37-15-36-23)38(34,35)22-5-3-4-21(12-22)27(28,29)30/h3-12H,13-15H2,1-2H3,(H,31,33). The van der Waals surface area contributed by atoms with Gasteiger partial charge in [-0.15, -0.1) is 0 Å². The van der Waals surface area contributed by atoms with Crippen molar-refractivity contribution >= 4 is 20.9 Å². The number of hydrogen-bond acceptors (Lipinski definition) is 5. The minimum atomic E-state index is -4.72. The van der Waals surface area contributed by atoms with E-state index in [0.29, 0.717) is 28.6 Å². The van der Waals surface area contributed by atoms with Crippen LogP contribution in [-0.2, 0) is 29.3 Å². The fourth-order valence-electron chi connectivity index (χ4n) is 4.49. The van der Waals surface area contributed by atoms with E-state index in [2.05, 4.69) is 4.98 Å². The predicted octanol–water partition coefficient (Wildman–Crippen LogP) is 5.28. The van der Waals surface area contributed by atoms with Crippen LogP contribution in [0.2, 0.25) is 0 Å². The molecule has 1 N–H and O–H groups in total. The lowest BCUT2D eigenvalue weighted by Crippen LogP contribution is -2.32. The monoisotopic (exact) mass is 544 g/mol. The van der Waals surface area contributed by atoms with E-state index >= 15 is 0 Å². The molecular weight excluding hydrogens is 521 g/mol. The van der Waals surface area contributed by atoms with Crippen molar-refractivity contribution in [3.63, 3.8) is 0 Å².